The molecule has 0 aliphatic rings. The van der Waals surface area contributed by atoms with Crippen LogP contribution in [0.2, 0.25) is 5.02 Å². The maximum absolute atomic E-state index is 12.2. The van der Waals surface area contributed by atoms with Crippen LogP contribution in [-0.4, -0.2) is 16.8 Å². The molecule has 0 atom stereocenters. The van der Waals surface area contributed by atoms with Crippen LogP contribution in [0.25, 0.3) is 10.9 Å². The summed E-state index contributed by atoms with van der Waals surface area (Å²) in [6, 6.07) is 11.9. The van der Waals surface area contributed by atoms with E-state index in [-0.39, 0.29) is 12.3 Å². The topological polar surface area (TPSA) is 88.0 Å². The molecule has 1 aromatic heterocycles. The van der Waals surface area contributed by atoms with Gasteiger partial charge in [-0.05, 0) is 48.0 Å². The summed E-state index contributed by atoms with van der Waals surface area (Å²) in [5.74, 6) is -0.656. The van der Waals surface area contributed by atoms with Gasteiger partial charge in [0.05, 0.1) is 6.42 Å². The zero-order valence-corrected chi connectivity index (χ0v) is 12.9. The Labute approximate surface area is 137 Å². The number of hydrogen-bond donors (Lipinski definition) is 3. The second-order valence-electron chi connectivity index (χ2n) is 5.17. The van der Waals surface area contributed by atoms with Gasteiger partial charge in [-0.15, -0.1) is 0 Å². The Morgan fingerprint density at radius 1 is 1.13 bits per heavy atom. The lowest BCUT2D eigenvalue weighted by Gasteiger charge is -2.05. The van der Waals surface area contributed by atoms with E-state index in [2.05, 4.69) is 10.3 Å². The summed E-state index contributed by atoms with van der Waals surface area (Å²) >= 11 is 6.00. The maximum Gasteiger partial charge on any atom is 0.248 e. The van der Waals surface area contributed by atoms with Crippen LogP contribution in [0.15, 0.2) is 48.7 Å². The number of carbonyl (C=O) groups excluding carboxylic acids is 2. The predicted molar refractivity (Wildman–Crippen MR) is 90.6 cm³/mol. The van der Waals surface area contributed by atoms with Crippen LogP contribution in [0.1, 0.15) is 15.9 Å². The Kier molecular flexibility index (Phi) is 4.04. The molecule has 3 rings (SSSR count). The summed E-state index contributed by atoms with van der Waals surface area (Å²) in [4.78, 5) is 26.3. The molecule has 23 heavy (non-hydrogen) atoms. The smallest absolute Gasteiger partial charge is 0.248 e. The van der Waals surface area contributed by atoms with Crippen LogP contribution in [0.3, 0.4) is 0 Å². The van der Waals surface area contributed by atoms with Gasteiger partial charge < -0.3 is 16.0 Å². The molecule has 116 valence electrons. The number of nitrogens with two attached hydrogens (primary N) is 1. The Morgan fingerprint density at radius 3 is 2.57 bits per heavy atom. The summed E-state index contributed by atoms with van der Waals surface area (Å²) < 4.78 is 0. The van der Waals surface area contributed by atoms with E-state index in [1.54, 1.807) is 36.5 Å². The number of primary amides is 1. The molecule has 1 heterocycles. The normalized spacial score (nSPS) is 10.7. The van der Waals surface area contributed by atoms with Crippen LogP contribution >= 0.6 is 11.6 Å². The zero-order chi connectivity index (χ0) is 16.4. The van der Waals surface area contributed by atoms with Crippen molar-refractivity contribution in [2.75, 3.05) is 5.32 Å². The molecule has 3 aromatic rings. The van der Waals surface area contributed by atoms with E-state index >= 15 is 0 Å². The number of aromatic nitrogens is 1. The number of fused-ring (bicyclic) bond motifs is 1. The summed E-state index contributed by atoms with van der Waals surface area (Å²) in [5.41, 5.74) is 7.99. The number of nitrogens with one attached hydrogen (secondary N) is 2. The van der Waals surface area contributed by atoms with Gasteiger partial charge in [-0.3, -0.25) is 9.59 Å². The molecule has 0 aliphatic heterocycles. The lowest BCUT2D eigenvalue weighted by Crippen LogP contribution is -2.15. The molecule has 2 amide bonds. The summed E-state index contributed by atoms with van der Waals surface area (Å²) in [7, 11) is 0. The van der Waals surface area contributed by atoms with Crippen molar-refractivity contribution < 1.29 is 9.59 Å². The van der Waals surface area contributed by atoms with Crippen LogP contribution in [0.4, 0.5) is 5.69 Å². The monoisotopic (exact) mass is 327 g/mol. The Hall–Kier alpha value is -2.79. The average Bonchev–Trinajstić information content (AvgIpc) is 2.90. The summed E-state index contributed by atoms with van der Waals surface area (Å²) in [6.45, 7) is 0. The molecule has 0 radical (unpaired) electrons. The number of anilines is 1. The molecule has 0 saturated carbocycles. The van der Waals surface area contributed by atoms with Gasteiger partial charge in [0.25, 0.3) is 0 Å². The first-order valence-electron chi connectivity index (χ1n) is 6.98. The fraction of sp³-hybridized carbons (Fsp3) is 0.0588. The molecule has 0 saturated heterocycles. The van der Waals surface area contributed by atoms with Gasteiger partial charge in [0, 0.05) is 33.4 Å². The van der Waals surface area contributed by atoms with E-state index < -0.39 is 5.91 Å². The second kappa shape index (κ2) is 6.14. The van der Waals surface area contributed by atoms with Crippen LogP contribution in [0.5, 0.6) is 0 Å². The Morgan fingerprint density at radius 2 is 1.87 bits per heavy atom. The maximum atomic E-state index is 12.2. The van der Waals surface area contributed by atoms with E-state index in [0.717, 1.165) is 16.5 Å². The first-order valence-corrected chi connectivity index (χ1v) is 7.36. The van der Waals surface area contributed by atoms with Gasteiger partial charge in [-0.1, -0.05) is 11.6 Å². The minimum Gasteiger partial charge on any atom is -0.366 e. The molecular weight excluding hydrogens is 314 g/mol. The van der Waals surface area contributed by atoms with Gasteiger partial charge in [0.2, 0.25) is 11.8 Å². The zero-order valence-electron chi connectivity index (χ0n) is 12.1. The highest BCUT2D eigenvalue weighted by atomic mass is 35.5. The molecule has 0 bridgehead atoms. The highest BCUT2D eigenvalue weighted by molar-refractivity contribution is 6.31. The number of amides is 2. The van der Waals surface area contributed by atoms with Gasteiger partial charge in [0.15, 0.2) is 0 Å². The lowest BCUT2D eigenvalue weighted by atomic mass is 10.1. The third-order valence-electron chi connectivity index (χ3n) is 3.53. The number of rotatable bonds is 4. The highest BCUT2D eigenvalue weighted by Gasteiger charge is 2.10. The van der Waals surface area contributed by atoms with Crippen molar-refractivity contribution in [3.63, 3.8) is 0 Å². The quantitative estimate of drug-likeness (QED) is 0.687. The fourth-order valence-electron chi connectivity index (χ4n) is 2.39. The number of halogens is 1. The number of carbonyl (C=O) groups is 2. The van der Waals surface area contributed by atoms with Crippen LogP contribution in [-0.2, 0) is 11.2 Å². The minimum atomic E-state index is -0.501. The number of aromatic amines is 1. The standard InChI is InChI=1S/C17H14ClN3O2/c18-12-3-6-15-14(8-12)11(9-20-15)7-16(22)21-13-4-1-10(2-5-13)17(19)23/h1-6,8-9,20H,7H2,(H2,19,23)(H,21,22). The number of hydrogen-bond acceptors (Lipinski definition) is 2. The molecule has 2 aromatic carbocycles. The summed E-state index contributed by atoms with van der Waals surface area (Å²) in [5, 5.41) is 4.34. The van der Waals surface area contributed by atoms with Crippen molar-refractivity contribution in [3.8, 4) is 0 Å². The van der Waals surface area contributed by atoms with E-state index in [9.17, 15) is 9.59 Å². The molecule has 0 fully saturated rings. The lowest BCUT2D eigenvalue weighted by molar-refractivity contribution is -0.115. The van der Waals surface area contributed by atoms with Gasteiger partial charge in [-0.2, -0.15) is 0 Å². The Balaban J connectivity index is 1.73. The largest absolute Gasteiger partial charge is 0.366 e. The number of H-pyrrole nitrogens is 1. The van der Waals surface area contributed by atoms with Crippen molar-refractivity contribution in [2.24, 2.45) is 5.73 Å². The third kappa shape index (κ3) is 3.35. The van der Waals surface area contributed by atoms with Crippen LogP contribution < -0.4 is 11.1 Å². The molecule has 4 N–H and O–H groups in total. The molecule has 0 spiro atoms. The molecule has 5 nitrogen and oxygen atoms in total. The van der Waals surface area contributed by atoms with Crippen molar-refractivity contribution in [3.05, 3.63) is 64.8 Å². The SMILES string of the molecule is NC(=O)c1ccc(NC(=O)Cc2c[nH]c3ccc(Cl)cc23)cc1. The van der Waals surface area contributed by atoms with E-state index in [1.807, 2.05) is 12.1 Å². The van der Waals surface area contributed by atoms with Crippen molar-refractivity contribution in [1.82, 2.24) is 4.98 Å². The molecular formula is C17H14ClN3O2. The highest BCUT2D eigenvalue weighted by Crippen LogP contribution is 2.23. The fourth-order valence-corrected chi connectivity index (χ4v) is 2.56. The van der Waals surface area contributed by atoms with E-state index in [0.29, 0.717) is 16.3 Å². The number of benzene rings is 2. The third-order valence-corrected chi connectivity index (χ3v) is 3.77. The van der Waals surface area contributed by atoms with Crippen molar-refractivity contribution in [1.29, 1.82) is 0 Å². The second-order valence-corrected chi connectivity index (χ2v) is 5.61. The van der Waals surface area contributed by atoms with Gasteiger partial charge in [-0.25, -0.2) is 0 Å². The predicted octanol–water partition coefficient (Wildman–Crippen LogP) is 3.10. The van der Waals surface area contributed by atoms with E-state index in [4.69, 9.17) is 17.3 Å². The summed E-state index contributed by atoms with van der Waals surface area (Å²) in [6.07, 6.45) is 2.02. The van der Waals surface area contributed by atoms with Gasteiger partial charge in [0.1, 0.15) is 0 Å². The molecule has 0 unspecified atom stereocenters. The Bertz CT molecular complexity index is 884. The first kappa shape index (κ1) is 15.1. The molecule has 6 heteroatoms. The van der Waals surface area contributed by atoms with Gasteiger partial charge >= 0.3 is 0 Å². The van der Waals surface area contributed by atoms with Crippen molar-refractivity contribution in [2.45, 2.75) is 6.42 Å². The average molecular weight is 328 g/mol. The minimum absolute atomic E-state index is 0.155. The van der Waals surface area contributed by atoms with E-state index in [1.165, 1.54) is 0 Å². The van der Waals surface area contributed by atoms with Crippen molar-refractivity contribution >= 4 is 40.0 Å². The first-order chi connectivity index (χ1) is 11.0. The molecule has 0 aliphatic carbocycles. The van der Waals surface area contributed by atoms with Crippen LogP contribution in [0, 0.1) is 0 Å².